The molecule has 0 aromatic carbocycles. The molecule has 0 saturated heterocycles. The van der Waals surface area contributed by atoms with Crippen molar-refractivity contribution in [3.63, 3.8) is 0 Å². The van der Waals surface area contributed by atoms with Gasteiger partial charge in [0.25, 0.3) is 0 Å². The van der Waals surface area contributed by atoms with E-state index in [9.17, 15) is 0 Å². The zero-order chi connectivity index (χ0) is 7.97. The number of nitrogens with zero attached hydrogens (tertiary/aromatic N) is 2. The smallest absolute Gasteiger partial charge is 0.183 e. The molecule has 0 spiro atoms. The molecule has 60 valence electrons. The van der Waals surface area contributed by atoms with Gasteiger partial charge in [0.05, 0.1) is 6.33 Å². The average Bonchev–Trinajstić information content (AvgIpc) is 2.71. The van der Waals surface area contributed by atoms with E-state index in [0.29, 0.717) is 0 Å². The fourth-order valence-corrected chi connectivity index (χ4v) is 1.40. The summed E-state index contributed by atoms with van der Waals surface area (Å²) >= 11 is 0. The van der Waals surface area contributed by atoms with E-state index in [1.165, 1.54) is 0 Å². The summed E-state index contributed by atoms with van der Waals surface area (Å²) in [4.78, 5) is 12.2. The van der Waals surface area contributed by atoms with Crippen LogP contribution in [0.5, 0.6) is 0 Å². The Morgan fingerprint density at radius 2 is 2.50 bits per heavy atom. The molecular weight excluding hydrogens is 156 g/mol. The highest BCUT2D eigenvalue weighted by atomic mass is 16.7. The van der Waals surface area contributed by atoms with Gasteiger partial charge in [-0.25, -0.2) is 4.98 Å². The van der Waals surface area contributed by atoms with Gasteiger partial charge in [0, 0.05) is 12.1 Å². The summed E-state index contributed by atoms with van der Waals surface area (Å²) in [5.41, 5.74) is 5.22. The predicted octanol–water partition coefficient (Wildman–Crippen LogP) is 0.0886. The topological polar surface area (TPSA) is 62.3 Å². The van der Waals surface area contributed by atoms with E-state index in [-0.39, 0.29) is 0 Å². The molecular formula is C7H6N4O. The van der Waals surface area contributed by atoms with Crippen LogP contribution in [0.25, 0.3) is 0 Å². The quantitative estimate of drug-likeness (QED) is 0.568. The number of hydrogen-bond acceptors (Lipinski definition) is 4. The van der Waals surface area contributed by atoms with E-state index in [2.05, 4.69) is 20.7 Å². The number of allylic oxidation sites excluding steroid dienone is 2. The van der Waals surface area contributed by atoms with Crippen LogP contribution in [-0.4, -0.2) is 15.7 Å². The zero-order valence-corrected chi connectivity index (χ0v) is 6.16. The maximum atomic E-state index is 5.04. The number of aromatic nitrogens is 2. The lowest BCUT2D eigenvalue weighted by Gasteiger charge is -2.05. The van der Waals surface area contributed by atoms with E-state index < -0.39 is 0 Å². The van der Waals surface area contributed by atoms with Crippen molar-refractivity contribution in [3.05, 3.63) is 29.6 Å². The van der Waals surface area contributed by atoms with Gasteiger partial charge in [-0.2, -0.15) is 0 Å². The van der Waals surface area contributed by atoms with Gasteiger partial charge in [0.15, 0.2) is 11.5 Å². The third-order valence-electron chi connectivity index (χ3n) is 1.98. The van der Waals surface area contributed by atoms with Gasteiger partial charge in [0.2, 0.25) is 0 Å². The first-order chi connectivity index (χ1) is 5.95. The second-order valence-electron chi connectivity index (χ2n) is 2.66. The van der Waals surface area contributed by atoms with Crippen LogP contribution < -0.4 is 5.59 Å². The third-order valence-corrected chi connectivity index (χ3v) is 1.98. The summed E-state index contributed by atoms with van der Waals surface area (Å²) in [7, 11) is 0. The van der Waals surface area contributed by atoms with Crippen LogP contribution >= 0.6 is 0 Å². The fraction of sp³-hybridized carbons (Fsp3) is 0.143. The molecule has 1 aromatic heterocycles. The lowest BCUT2D eigenvalue weighted by atomic mass is 10.1. The first kappa shape index (κ1) is 5.82. The van der Waals surface area contributed by atoms with Gasteiger partial charge in [-0.15, -0.1) is 10.7 Å². The summed E-state index contributed by atoms with van der Waals surface area (Å²) in [6.45, 7) is 0. The molecule has 0 radical (unpaired) electrons. The van der Waals surface area contributed by atoms with E-state index in [0.717, 1.165) is 29.3 Å². The number of fused-ring (bicyclic) bond motifs is 3. The van der Waals surface area contributed by atoms with Crippen molar-refractivity contribution in [2.75, 3.05) is 0 Å². The van der Waals surface area contributed by atoms with Crippen LogP contribution in [0.1, 0.15) is 11.4 Å². The summed E-state index contributed by atoms with van der Waals surface area (Å²) in [5, 5.41) is 3.96. The molecule has 0 fully saturated rings. The SMILES string of the molecule is C1=C2ONN=C2c2nc[nH]c2C1. The Labute approximate surface area is 68.1 Å². The number of H-pyrrole nitrogens is 1. The minimum Gasteiger partial charge on any atom is -0.363 e. The Morgan fingerprint density at radius 1 is 1.50 bits per heavy atom. The number of hydrazone groups is 1. The Balaban J connectivity index is 2.23. The summed E-state index contributed by atoms with van der Waals surface area (Å²) in [6.07, 6.45) is 4.47. The highest BCUT2D eigenvalue weighted by Gasteiger charge is 2.26. The molecule has 1 aliphatic carbocycles. The summed E-state index contributed by atoms with van der Waals surface area (Å²) in [5.74, 6) is 0.773. The van der Waals surface area contributed by atoms with Crippen LogP contribution in [0.4, 0.5) is 0 Å². The van der Waals surface area contributed by atoms with E-state index in [4.69, 9.17) is 4.84 Å². The Hall–Kier alpha value is -1.78. The second-order valence-corrected chi connectivity index (χ2v) is 2.66. The standard InChI is InChI=1S/C7H6N4O/c1-2-5-7(10-11-12-5)6-4(1)8-3-9-6/h2-3,11H,1H2,(H,8,9). The van der Waals surface area contributed by atoms with Gasteiger partial charge in [-0.1, -0.05) is 0 Å². The molecule has 2 aliphatic rings. The lowest BCUT2D eigenvalue weighted by molar-refractivity contribution is 0.142. The Morgan fingerprint density at radius 3 is 3.50 bits per heavy atom. The molecule has 5 nitrogen and oxygen atoms in total. The number of nitrogens with one attached hydrogen (secondary N) is 2. The molecule has 2 heterocycles. The normalized spacial score (nSPS) is 18.3. The van der Waals surface area contributed by atoms with Crippen LogP contribution in [0.2, 0.25) is 0 Å². The molecule has 1 aliphatic heterocycles. The highest BCUT2D eigenvalue weighted by molar-refractivity contribution is 6.12. The van der Waals surface area contributed by atoms with Crippen molar-refractivity contribution in [1.29, 1.82) is 0 Å². The minimum atomic E-state index is 0.773. The Bertz CT molecular complexity index is 390. The minimum absolute atomic E-state index is 0.773. The van der Waals surface area contributed by atoms with Crippen molar-refractivity contribution < 1.29 is 4.84 Å². The van der Waals surface area contributed by atoms with Gasteiger partial charge in [-0.3, -0.25) is 0 Å². The number of hydrogen-bond donors (Lipinski definition) is 2. The van der Waals surface area contributed by atoms with E-state index in [1.807, 2.05) is 6.08 Å². The molecule has 0 saturated carbocycles. The highest BCUT2D eigenvalue weighted by Crippen LogP contribution is 2.21. The van der Waals surface area contributed by atoms with Crippen molar-refractivity contribution in [2.45, 2.75) is 6.42 Å². The van der Waals surface area contributed by atoms with Crippen molar-refractivity contribution in [3.8, 4) is 0 Å². The first-order valence-corrected chi connectivity index (χ1v) is 3.68. The number of imidazole rings is 1. The van der Waals surface area contributed by atoms with Crippen LogP contribution in [-0.2, 0) is 11.3 Å². The van der Waals surface area contributed by atoms with E-state index >= 15 is 0 Å². The largest absolute Gasteiger partial charge is 0.363 e. The molecule has 0 atom stereocenters. The third kappa shape index (κ3) is 0.578. The molecule has 2 N–H and O–H groups in total. The Kier molecular flexibility index (Phi) is 0.910. The molecule has 3 rings (SSSR count). The predicted molar refractivity (Wildman–Crippen MR) is 41.1 cm³/mol. The molecule has 0 amide bonds. The first-order valence-electron chi connectivity index (χ1n) is 3.68. The van der Waals surface area contributed by atoms with Crippen LogP contribution in [0, 0.1) is 0 Å². The zero-order valence-electron chi connectivity index (χ0n) is 6.16. The molecule has 12 heavy (non-hydrogen) atoms. The summed E-state index contributed by atoms with van der Waals surface area (Å²) in [6, 6.07) is 0. The number of aromatic amines is 1. The monoisotopic (exact) mass is 162 g/mol. The van der Waals surface area contributed by atoms with Gasteiger partial charge < -0.3 is 9.82 Å². The summed E-state index contributed by atoms with van der Waals surface area (Å²) < 4.78 is 0. The average molecular weight is 162 g/mol. The van der Waals surface area contributed by atoms with Crippen molar-refractivity contribution >= 4 is 5.71 Å². The second kappa shape index (κ2) is 1.88. The van der Waals surface area contributed by atoms with Gasteiger partial charge >= 0.3 is 0 Å². The lowest BCUT2D eigenvalue weighted by Crippen LogP contribution is -2.10. The molecule has 0 unspecified atom stereocenters. The fourth-order valence-electron chi connectivity index (χ4n) is 1.40. The molecule has 1 aromatic rings. The van der Waals surface area contributed by atoms with Crippen LogP contribution in [0.15, 0.2) is 23.3 Å². The maximum absolute atomic E-state index is 5.04. The van der Waals surface area contributed by atoms with Crippen molar-refractivity contribution in [2.24, 2.45) is 5.10 Å². The maximum Gasteiger partial charge on any atom is 0.183 e. The van der Waals surface area contributed by atoms with Gasteiger partial charge in [-0.05, 0) is 6.08 Å². The molecule has 0 bridgehead atoms. The van der Waals surface area contributed by atoms with Gasteiger partial charge in [0.1, 0.15) is 5.69 Å². The van der Waals surface area contributed by atoms with Crippen LogP contribution in [0.3, 0.4) is 0 Å². The molecule has 5 heteroatoms. The van der Waals surface area contributed by atoms with E-state index in [1.54, 1.807) is 6.33 Å². The van der Waals surface area contributed by atoms with Crippen molar-refractivity contribution in [1.82, 2.24) is 15.6 Å². The number of rotatable bonds is 0.